The Hall–Kier alpha value is -2.19. The Labute approximate surface area is 165 Å². The Morgan fingerprint density at radius 2 is 1.78 bits per heavy atom. The maximum atomic E-state index is 13.2. The van der Waals surface area contributed by atoms with Crippen LogP contribution in [0.3, 0.4) is 0 Å². The number of sulfone groups is 1. The first-order chi connectivity index (χ1) is 12.8. The van der Waals surface area contributed by atoms with Crippen molar-refractivity contribution in [3.05, 3.63) is 58.8 Å². The standard InChI is InChI=1S/C19H18BrFN2O3S/c1-3-12(2)22-18-19(27(24,25)16-10-8-15(21)9-11-16)23-17(26-18)13-4-6-14(20)7-5-13/h4-12,22H,3H2,1-2H3. The topological polar surface area (TPSA) is 72.2 Å². The summed E-state index contributed by atoms with van der Waals surface area (Å²) in [5.74, 6) is -0.247. The number of halogens is 2. The van der Waals surface area contributed by atoms with E-state index >= 15 is 0 Å². The molecule has 0 radical (unpaired) electrons. The molecular weight excluding hydrogens is 435 g/mol. The highest BCUT2D eigenvalue weighted by Gasteiger charge is 2.29. The van der Waals surface area contributed by atoms with Gasteiger partial charge in [0.25, 0.3) is 0 Å². The molecule has 27 heavy (non-hydrogen) atoms. The molecule has 3 aromatic rings. The lowest BCUT2D eigenvalue weighted by atomic mass is 10.2. The van der Waals surface area contributed by atoms with Gasteiger partial charge in [0.05, 0.1) is 4.90 Å². The van der Waals surface area contributed by atoms with E-state index in [1.165, 1.54) is 12.1 Å². The van der Waals surface area contributed by atoms with Gasteiger partial charge in [0.15, 0.2) is 0 Å². The highest BCUT2D eigenvalue weighted by molar-refractivity contribution is 9.10. The zero-order valence-corrected chi connectivity index (χ0v) is 17.1. The predicted molar refractivity (Wildman–Crippen MR) is 105 cm³/mol. The lowest BCUT2D eigenvalue weighted by Crippen LogP contribution is -2.15. The van der Waals surface area contributed by atoms with E-state index in [2.05, 4.69) is 26.2 Å². The van der Waals surface area contributed by atoms with Crippen molar-refractivity contribution < 1.29 is 17.2 Å². The normalized spacial score (nSPS) is 12.7. The average Bonchev–Trinajstić information content (AvgIpc) is 3.07. The summed E-state index contributed by atoms with van der Waals surface area (Å²) in [6, 6.07) is 11.8. The van der Waals surface area contributed by atoms with Gasteiger partial charge >= 0.3 is 0 Å². The minimum absolute atomic E-state index is 0.0158. The quantitative estimate of drug-likeness (QED) is 0.514. The molecule has 1 N–H and O–H groups in total. The Balaban J connectivity index is 2.11. The van der Waals surface area contributed by atoms with E-state index in [-0.39, 0.29) is 27.7 Å². The van der Waals surface area contributed by atoms with Crippen molar-refractivity contribution >= 4 is 31.7 Å². The van der Waals surface area contributed by atoms with Crippen molar-refractivity contribution in [3.63, 3.8) is 0 Å². The molecule has 142 valence electrons. The number of hydrogen-bond donors (Lipinski definition) is 1. The van der Waals surface area contributed by atoms with Crippen molar-refractivity contribution in [2.24, 2.45) is 0 Å². The molecule has 0 saturated heterocycles. The fourth-order valence-corrected chi connectivity index (χ4v) is 3.88. The molecule has 2 aromatic carbocycles. The lowest BCUT2D eigenvalue weighted by molar-refractivity contribution is 0.566. The number of hydrogen-bond acceptors (Lipinski definition) is 5. The Bertz CT molecular complexity index is 1030. The summed E-state index contributed by atoms with van der Waals surface area (Å²) in [6.45, 7) is 3.88. The minimum atomic E-state index is -3.98. The smallest absolute Gasteiger partial charge is 0.234 e. The van der Waals surface area contributed by atoms with Crippen LogP contribution in [0.25, 0.3) is 11.5 Å². The second-order valence-electron chi connectivity index (χ2n) is 6.07. The third-order valence-electron chi connectivity index (χ3n) is 4.06. The van der Waals surface area contributed by atoms with Gasteiger partial charge in [-0.25, -0.2) is 12.8 Å². The molecular formula is C19H18BrFN2O3S. The maximum Gasteiger partial charge on any atom is 0.234 e. The third-order valence-corrected chi connectivity index (χ3v) is 6.26. The van der Waals surface area contributed by atoms with Crippen LogP contribution in [0.4, 0.5) is 10.3 Å². The first-order valence-electron chi connectivity index (χ1n) is 8.35. The molecule has 0 saturated carbocycles. The molecule has 0 aliphatic carbocycles. The molecule has 0 aliphatic heterocycles. The van der Waals surface area contributed by atoms with Crippen LogP contribution in [0.2, 0.25) is 0 Å². The second-order valence-corrected chi connectivity index (χ2v) is 8.85. The molecule has 1 unspecified atom stereocenters. The number of aromatic nitrogens is 1. The van der Waals surface area contributed by atoms with Gasteiger partial charge in [0, 0.05) is 16.1 Å². The molecule has 1 heterocycles. The Morgan fingerprint density at radius 1 is 1.15 bits per heavy atom. The minimum Gasteiger partial charge on any atom is -0.419 e. The van der Waals surface area contributed by atoms with E-state index in [9.17, 15) is 12.8 Å². The molecule has 5 nitrogen and oxygen atoms in total. The van der Waals surface area contributed by atoms with Crippen molar-refractivity contribution in [1.82, 2.24) is 4.98 Å². The number of benzene rings is 2. The number of rotatable bonds is 6. The molecule has 1 atom stereocenters. The summed E-state index contributed by atoms with van der Waals surface area (Å²) in [7, 11) is -3.98. The van der Waals surface area contributed by atoms with Crippen LogP contribution in [0, 0.1) is 5.82 Å². The van der Waals surface area contributed by atoms with E-state index in [1.54, 1.807) is 12.1 Å². The molecule has 0 amide bonds. The van der Waals surface area contributed by atoms with Gasteiger partial charge in [-0.15, -0.1) is 0 Å². The lowest BCUT2D eigenvalue weighted by Gasteiger charge is -2.11. The van der Waals surface area contributed by atoms with E-state index in [0.717, 1.165) is 23.0 Å². The number of anilines is 1. The maximum absolute atomic E-state index is 13.2. The largest absolute Gasteiger partial charge is 0.419 e. The van der Waals surface area contributed by atoms with E-state index < -0.39 is 15.7 Å². The molecule has 3 rings (SSSR count). The van der Waals surface area contributed by atoms with Crippen LogP contribution in [-0.4, -0.2) is 19.4 Å². The summed E-state index contributed by atoms with van der Waals surface area (Å²) >= 11 is 3.36. The van der Waals surface area contributed by atoms with Gasteiger partial charge in [0.1, 0.15) is 5.82 Å². The highest BCUT2D eigenvalue weighted by Crippen LogP contribution is 2.33. The summed E-state index contributed by atoms with van der Waals surface area (Å²) in [5, 5.41) is 2.84. The van der Waals surface area contributed by atoms with Crippen LogP contribution in [0.15, 0.2) is 67.3 Å². The first kappa shape index (κ1) is 19.6. The SMILES string of the molecule is CCC(C)Nc1oc(-c2ccc(Br)cc2)nc1S(=O)(=O)c1ccc(F)cc1. The van der Waals surface area contributed by atoms with Gasteiger partial charge in [-0.05, 0) is 61.9 Å². The molecule has 0 fully saturated rings. The van der Waals surface area contributed by atoms with Gasteiger partial charge in [0.2, 0.25) is 26.6 Å². The van der Waals surface area contributed by atoms with Crippen LogP contribution >= 0.6 is 15.9 Å². The third kappa shape index (κ3) is 4.22. The number of nitrogens with zero attached hydrogens (tertiary/aromatic N) is 1. The summed E-state index contributed by atoms with van der Waals surface area (Å²) in [6.07, 6.45) is 0.768. The van der Waals surface area contributed by atoms with Crippen LogP contribution in [0.5, 0.6) is 0 Å². The van der Waals surface area contributed by atoms with Gasteiger partial charge in [-0.3, -0.25) is 0 Å². The van der Waals surface area contributed by atoms with E-state index in [4.69, 9.17) is 4.42 Å². The van der Waals surface area contributed by atoms with Gasteiger partial charge in [-0.1, -0.05) is 22.9 Å². The molecule has 0 aliphatic rings. The van der Waals surface area contributed by atoms with E-state index in [1.807, 2.05) is 26.0 Å². The zero-order valence-electron chi connectivity index (χ0n) is 14.7. The molecule has 0 bridgehead atoms. The summed E-state index contributed by atoms with van der Waals surface area (Å²) in [5.41, 5.74) is 0.644. The fraction of sp³-hybridized carbons (Fsp3) is 0.211. The molecule has 8 heteroatoms. The van der Waals surface area contributed by atoms with E-state index in [0.29, 0.717) is 5.56 Å². The van der Waals surface area contributed by atoms with Crippen molar-refractivity contribution in [2.75, 3.05) is 5.32 Å². The van der Waals surface area contributed by atoms with Crippen molar-refractivity contribution in [2.45, 2.75) is 36.2 Å². The van der Waals surface area contributed by atoms with Crippen LogP contribution in [-0.2, 0) is 9.84 Å². The summed E-state index contributed by atoms with van der Waals surface area (Å²) in [4.78, 5) is 4.19. The number of nitrogens with one attached hydrogen (secondary N) is 1. The van der Waals surface area contributed by atoms with Crippen molar-refractivity contribution in [3.8, 4) is 11.5 Å². The molecule has 0 spiro atoms. The molecule has 1 aromatic heterocycles. The fourth-order valence-electron chi connectivity index (χ4n) is 2.35. The highest BCUT2D eigenvalue weighted by atomic mass is 79.9. The summed E-state index contributed by atoms with van der Waals surface area (Å²) < 4.78 is 45.9. The predicted octanol–water partition coefficient (Wildman–Crippen LogP) is 5.29. The van der Waals surface area contributed by atoms with Crippen LogP contribution in [0.1, 0.15) is 20.3 Å². The van der Waals surface area contributed by atoms with Crippen molar-refractivity contribution in [1.29, 1.82) is 0 Å². The average molecular weight is 453 g/mol. The second kappa shape index (κ2) is 7.82. The van der Waals surface area contributed by atoms with Crippen LogP contribution < -0.4 is 5.32 Å². The van der Waals surface area contributed by atoms with Gasteiger partial charge < -0.3 is 9.73 Å². The Kier molecular flexibility index (Phi) is 5.67. The number of oxazole rings is 1. The van der Waals surface area contributed by atoms with Gasteiger partial charge in [-0.2, -0.15) is 4.98 Å². The Morgan fingerprint density at radius 3 is 2.37 bits per heavy atom. The zero-order chi connectivity index (χ0) is 19.6. The first-order valence-corrected chi connectivity index (χ1v) is 10.6. The monoisotopic (exact) mass is 452 g/mol.